The first-order valence-electron chi connectivity index (χ1n) is 5.76. The van der Waals surface area contributed by atoms with Crippen molar-refractivity contribution in [1.82, 2.24) is 15.1 Å². The Morgan fingerprint density at radius 1 is 1.33 bits per heavy atom. The molecule has 0 spiro atoms. The minimum absolute atomic E-state index is 0.448. The second-order valence-electron chi connectivity index (χ2n) is 4.82. The molecule has 0 fully saturated rings. The first-order chi connectivity index (χ1) is 7.02. The van der Waals surface area contributed by atoms with E-state index in [1.165, 1.54) is 11.3 Å². The summed E-state index contributed by atoms with van der Waals surface area (Å²) in [5.41, 5.74) is 2.59. The van der Waals surface area contributed by atoms with Gasteiger partial charge in [-0.05, 0) is 33.2 Å². The largest absolute Gasteiger partial charge is 0.312 e. The SMILES string of the molecule is Cc1c(CNCC(C)C)cnn1C(C)C. The van der Waals surface area contributed by atoms with Gasteiger partial charge in [-0.3, -0.25) is 4.68 Å². The van der Waals surface area contributed by atoms with Crippen LogP contribution in [0.5, 0.6) is 0 Å². The standard InChI is InChI=1S/C12H23N3/c1-9(2)6-13-7-12-8-14-15(10(3)4)11(12)5/h8-10,13H,6-7H2,1-5H3. The first-order valence-corrected chi connectivity index (χ1v) is 5.76. The third kappa shape index (κ3) is 3.34. The van der Waals surface area contributed by atoms with Gasteiger partial charge in [0, 0.05) is 23.8 Å². The fourth-order valence-electron chi connectivity index (χ4n) is 1.65. The van der Waals surface area contributed by atoms with Crippen LogP contribution in [0.1, 0.15) is 45.0 Å². The molecule has 0 aliphatic carbocycles. The van der Waals surface area contributed by atoms with Gasteiger partial charge in [0.15, 0.2) is 0 Å². The zero-order valence-corrected chi connectivity index (χ0v) is 10.5. The van der Waals surface area contributed by atoms with E-state index in [4.69, 9.17) is 0 Å². The van der Waals surface area contributed by atoms with E-state index in [-0.39, 0.29) is 0 Å². The molecule has 3 heteroatoms. The van der Waals surface area contributed by atoms with Gasteiger partial charge in [0.1, 0.15) is 0 Å². The minimum atomic E-state index is 0.448. The highest BCUT2D eigenvalue weighted by molar-refractivity contribution is 5.16. The van der Waals surface area contributed by atoms with Crippen LogP contribution >= 0.6 is 0 Å². The predicted octanol–water partition coefficient (Wildman–Crippen LogP) is 2.52. The average Bonchev–Trinajstić information content (AvgIpc) is 2.47. The smallest absolute Gasteiger partial charge is 0.0537 e. The number of nitrogens with one attached hydrogen (secondary N) is 1. The van der Waals surface area contributed by atoms with E-state index >= 15 is 0 Å². The van der Waals surface area contributed by atoms with Crippen LogP contribution < -0.4 is 5.32 Å². The molecule has 0 bridgehead atoms. The molecule has 0 aliphatic heterocycles. The number of nitrogens with zero attached hydrogens (tertiary/aromatic N) is 2. The molecule has 1 rings (SSSR count). The van der Waals surface area contributed by atoms with Gasteiger partial charge in [-0.15, -0.1) is 0 Å². The normalized spacial score (nSPS) is 11.7. The Kier molecular flexibility index (Phi) is 4.33. The zero-order chi connectivity index (χ0) is 11.4. The molecule has 0 atom stereocenters. The summed E-state index contributed by atoms with van der Waals surface area (Å²) in [5, 5.41) is 7.83. The molecular weight excluding hydrogens is 186 g/mol. The van der Waals surface area contributed by atoms with Crippen molar-refractivity contribution in [3.05, 3.63) is 17.5 Å². The van der Waals surface area contributed by atoms with E-state index in [2.05, 4.69) is 49.7 Å². The Labute approximate surface area is 92.9 Å². The molecule has 0 aromatic carbocycles. The number of hydrogen-bond acceptors (Lipinski definition) is 2. The third-order valence-corrected chi connectivity index (χ3v) is 2.50. The van der Waals surface area contributed by atoms with Crippen molar-refractivity contribution < 1.29 is 0 Å². The fourth-order valence-corrected chi connectivity index (χ4v) is 1.65. The summed E-state index contributed by atoms with van der Waals surface area (Å²) in [6.45, 7) is 12.9. The molecule has 0 radical (unpaired) electrons. The van der Waals surface area contributed by atoms with E-state index in [0.717, 1.165) is 13.1 Å². The summed E-state index contributed by atoms with van der Waals surface area (Å²) in [4.78, 5) is 0. The van der Waals surface area contributed by atoms with Crippen LogP contribution in [-0.4, -0.2) is 16.3 Å². The van der Waals surface area contributed by atoms with E-state index in [0.29, 0.717) is 12.0 Å². The van der Waals surface area contributed by atoms with Gasteiger partial charge in [-0.2, -0.15) is 5.10 Å². The maximum Gasteiger partial charge on any atom is 0.0537 e. The van der Waals surface area contributed by atoms with Crippen molar-refractivity contribution in [2.24, 2.45) is 5.92 Å². The van der Waals surface area contributed by atoms with E-state index in [1.54, 1.807) is 0 Å². The Bertz CT molecular complexity index is 300. The molecule has 3 nitrogen and oxygen atoms in total. The van der Waals surface area contributed by atoms with Gasteiger partial charge in [0.05, 0.1) is 6.20 Å². The highest BCUT2D eigenvalue weighted by Gasteiger charge is 2.08. The molecule has 1 N–H and O–H groups in total. The van der Waals surface area contributed by atoms with Crippen molar-refractivity contribution in [2.75, 3.05) is 6.54 Å². The van der Waals surface area contributed by atoms with Crippen molar-refractivity contribution in [3.63, 3.8) is 0 Å². The quantitative estimate of drug-likeness (QED) is 0.807. The number of hydrogen-bond donors (Lipinski definition) is 1. The second-order valence-corrected chi connectivity index (χ2v) is 4.82. The van der Waals surface area contributed by atoms with Crippen LogP contribution in [0.3, 0.4) is 0 Å². The summed E-state index contributed by atoms with van der Waals surface area (Å²) in [5.74, 6) is 0.699. The van der Waals surface area contributed by atoms with Crippen LogP contribution in [0.2, 0.25) is 0 Å². The van der Waals surface area contributed by atoms with Gasteiger partial charge in [-0.1, -0.05) is 13.8 Å². The van der Waals surface area contributed by atoms with Crippen molar-refractivity contribution in [3.8, 4) is 0 Å². The summed E-state index contributed by atoms with van der Waals surface area (Å²) < 4.78 is 2.08. The third-order valence-electron chi connectivity index (χ3n) is 2.50. The number of aromatic nitrogens is 2. The van der Waals surface area contributed by atoms with Crippen LogP contribution in [0.25, 0.3) is 0 Å². The Balaban J connectivity index is 2.55. The van der Waals surface area contributed by atoms with Gasteiger partial charge in [0.2, 0.25) is 0 Å². The molecule has 0 aliphatic rings. The van der Waals surface area contributed by atoms with Gasteiger partial charge in [-0.25, -0.2) is 0 Å². The van der Waals surface area contributed by atoms with Crippen molar-refractivity contribution in [2.45, 2.75) is 47.2 Å². The highest BCUT2D eigenvalue weighted by atomic mass is 15.3. The van der Waals surface area contributed by atoms with Crippen molar-refractivity contribution in [1.29, 1.82) is 0 Å². The van der Waals surface area contributed by atoms with Crippen molar-refractivity contribution >= 4 is 0 Å². The highest BCUT2D eigenvalue weighted by Crippen LogP contribution is 2.12. The summed E-state index contributed by atoms with van der Waals surface area (Å²) >= 11 is 0. The number of rotatable bonds is 5. The lowest BCUT2D eigenvalue weighted by atomic mass is 10.2. The molecule has 0 amide bonds. The summed E-state index contributed by atoms with van der Waals surface area (Å²) in [7, 11) is 0. The maximum absolute atomic E-state index is 4.39. The minimum Gasteiger partial charge on any atom is -0.312 e. The second kappa shape index (κ2) is 5.31. The van der Waals surface area contributed by atoms with Crippen LogP contribution in [-0.2, 0) is 6.54 Å². The zero-order valence-electron chi connectivity index (χ0n) is 10.5. The van der Waals surface area contributed by atoms with E-state index in [9.17, 15) is 0 Å². The van der Waals surface area contributed by atoms with Gasteiger partial charge >= 0.3 is 0 Å². The fraction of sp³-hybridized carbons (Fsp3) is 0.750. The van der Waals surface area contributed by atoms with E-state index < -0.39 is 0 Å². The molecular formula is C12H23N3. The Morgan fingerprint density at radius 3 is 2.47 bits per heavy atom. The predicted molar refractivity (Wildman–Crippen MR) is 63.9 cm³/mol. The molecule has 1 aromatic rings. The lowest BCUT2D eigenvalue weighted by molar-refractivity contribution is 0.515. The monoisotopic (exact) mass is 209 g/mol. The summed E-state index contributed by atoms with van der Waals surface area (Å²) in [6.07, 6.45) is 1.97. The molecule has 1 aromatic heterocycles. The molecule has 15 heavy (non-hydrogen) atoms. The Morgan fingerprint density at radius 2 is 2.00 bits per heavy atom. The lowest BCUT2D eigenvalue weighted by Crippen LogP contribution is -2.19. The molecule has 0 saturated carbocycles. The lowest BCUT2D eigenvalue weighted by Gasteiger charge is -2.10. The van der Waals surface area contributed by atoms with E-state index in [1.807, 2.05) is 6.20 Å². The average molecular weight is 209 g/mol. The molecule has 1 heterocycles. The van der Waals surface area contributed by atoms with Crippen LogP contribution in [0.15, 0.2) is 6.20 Å². The molecule has 86 valence electrons. The molecule has 0 unspecified atom stereocenters. The van der Waals surface area contributed by atoms with Crippen LogP contribution in [0.4, 0.5) is 0 Å². The first kappa shape index (κ1) is 12.2. The maximum atomic E-state index is 4.39. The Hall–Kier alpha value is -0.830. The van der Waals surface area contributed by atoms with Gasteiger partial charge < -0.3 is 5.32 Å². The van der Waals surface area contributed by atoms with Crippen LogP contribution in [0, 0.1) is 12.8 Å². The molecule has 0 saturated heterocycles. The topological polar surface area (TPSA) is 29.9 Å². The van der Waals surface area contributed by atoms with Gasteiger partial charge in [0.25, 0.3) is 0 Å². The summed E-state index contributed by atoms with van der Waals surface area (Å²) in [6, 6.07) is 0.448.